The highest BCUT2D eigenvalue weighted by atomic mass is 79.9. The van der Waals surface area contributed by atoms with Crippen LogP contribution in [0.1, 0.15) is 17.4 Å². The monoisotopic (exact) mass is 347 g/mol. The SMILES string of the molecule is CNC(Cc1cccc(Cl)c1Cl)c1ccc(Br)o1. The second kappa shape index (κ2) is 6.11. The molecule has 1 aromatic carbocycles. The van der Waals surface area contributed by atoms with E-state index in [1.165, 1.54) is 0 Å². The van der Waals surface area contributed by atoms with Crippen LogP contribution in [0.15, 0.2) is 39.4 Å². The van der Waals surface area contributed by atoms with Crippen LogP contribution in [0, 0.1) is 0 Å². The van der Waals surface area contributed by atoms with Crippen molar-refractivity contribution in [3.05, 3.63) is 56.4 Å². The molecule has 2 rings (SSSR count). The van der Waals surface area contributed by atoms with Crippen LogP contribution < -0.4 is 5.32 Å². The molecular formula is C13H12BrCl2NO. The normalized spacial score (nSPS) is 12.7. The number of rotatable bonds is 4. The number of hydrogen-bond donors (Lipinski definition) is 1. The van der Waals surface area contributed by atoms with Gasteiger partial charge in [0.05, 0.1) is 16.1 Å². The van der Waals surface area contributed by atoms with E-state index in [4.69, 9.17) is 27.6 Å². The number of nitrogens with one attached hydrogen (secondary N) is 1. The largest absolute Gasteiger partial charge is 0.453 e. The average Bonchev–Trinajstić information content (AvgIpc) is 2.78. The van der Waals surface area contributed by atoms with Gasteiger partial charge in [0, 0.05) is 0 Å². The van der Waals surface area contributed by atoms with Gasteiger partial charge in [-0.3, -0.25) is 0 Å². The molecule has 0 aliphatic heterocycles. The van der Waals surface area contributed by atoms with Gasteiger partial charge in [-0.05, 0) is 53.2 Å². The molecule has 0 radical (unpaired) electrons. The summed E-state index contributed by atoms with van der Waals surface area (Å²) in [5, 5.41) is 4.39. The lowest BCUT2D eigenvalue weighted by Crippen LogP contribution is -2.18. The molecule has 0 saturated heterocycles. The van der Waals surface area contributed by atoms with Crippen LogP contribution in [0.2, 0.25) is 10.0 Å². The molecule has 0 amide bonds. The summed E-state index contributed by atoms with van der Waals surface area (Å²) in [7, 11) is 1.89. The van der Waals surface area contributed by atoms with Gasteiger partial charge in [0.1, 0.15) is 5.76 Å². The molecule has 96 valence electrons. The Kier molecular flexibility index (Phi) is 4.73. The fourth-order valence-corrected chi connectivity index (χ4v) is 2.50. The Labute approximate surface area is 124 Å². The van der Waals surface area contributed by atoms with E-state index in [-0.39, 0.29) is 6.04 Å². The van der Waals surface area contributed by atoms with E-state index in [1.807, 2.05) is 31.3 Å². The standard InChI is InChI=1S/C13H12BrCl2NO/c1-17-10(11-5-6-12(14)18-11)7-8-3-2-4-9(15)13(8)16/h2-6,10,17H,7H2,1H3. The maximum absolute atomic E-state index is 6.19. The van der Waals surface area contributed by atoms with Gasteiger partial charge in [-0.1, -0.05) is 35.3 Å². The van der Waals surface area contributed by atoms with Gasteiger partial charge in [-0.25, -0.2) is 0 Å². The maximum Gasteiger partial charge on any atom is 0.169 e. The van der Waals surface area contributed by atoms with Crippen LogP contribution in [-0.4, -0.2) is 7.05 Å². The minimum atomic E-state index is 0.0623. The Morgan fingerprint density at radius 1 is 1.28 bits per heavy atom. The molecule has 0 bridgehead atoms. The Morgan fingerprint density at radius 2 is 2.06 bits per heavy atom. The maximum atomic E-state index is 6.19. The van der Waals surface area contributed by atoms with Crippen molar-refractivity contribution in [3.8, 4) is 0 Å². The second-order valence-electron chi connectivity index (χ2n) is 3.90. The zero-order valence-corrected chi connectivity index (χ0v) is 12.8. The zero-order chi connectivity index (χ0) is 13.1. The van der Waals surface area contributed by atoms with Gasteiger partial charge >= 0.3 is 0 Å². The number of likely N-dealkylation sites (N-methyl/N-ethyl adjacent to an activating group) is 1. The summed E-state index contributed by atoms with van der Waals surface area (Å²) in [6.45, 7) is 0. The van der Waals surface area contributed by atoms with E-state index < -0.39 is 0 Å². The van der Waals surface area contributed by atoms with Crippen molar-refractivity contribution in [1.29, 1.82) is 0 Å². The molecular weight excluding hydrogens is 337 g/mol. The first-order valence-corrected chi connectivity index (χ1v) is 7.02. The molecule has 0 aliphatic rings. The van der Waals surface area contributed by atoms with Gasteiger partial charge in [-0.15, -0.1) is 0 Å². The number of hydrogen-bond acceptors (Lipinski definition) is 2. The Balaban J connectivity index is 2.23. The summed E-state index contributed by atoms with van der Waals surface area (Å²) < 4.78 is 6.27. The molecule has 0 fully saturated rings. The number of halogens is 3. The first-order valence-electron chi connectivity index (χ1n) is 5.47. The fraction of sp³-hybridized carbons (Fsp3) is 0.231. The molecule has 1 atom stereocenters. The third-order valence-electron chi connectivity index (χ3n) is 2.74. The third kappa shape index (κ3) is 3.09. The van der Waals surface area contributed by atoms with Crippen LogP contribution in [0.3, 0.4) is 0 Å². The highest BCUT2D eigenvalue weighted by Crippen LogP contribution is 2.30. The molecule has 1 aromatic heterocycles. The highest BCUT2D eigenvalue weighted by molar-refractivity contribution is 9.10. The summed E-state index contributed by atoms with van der Waals surface area (Å²) in [5.74, 6) is 0.861. The highest BCUT2D eigenvalue weighted by Gasteiger charge is 2.16. The topological polar surface area (TPSA) is 25.2 Å². The second-order valence-corrected chi connectivity index (χ2v) is 5.47. The minimum absolute atomic E-state index is 0.0623. The van der Waals surface area contributed by atoms with Gasteiger partial charge in [0.2, 0.25) is 0 Å². The predicted molar refractivity (Wildman–Crippen MR) is 78.4 cm³/mol. The van der Waals surface area contributed by atoms with Crippen molar-refractivity contribution in [2.75, 3.05) is 7.05 Å². The lowest BCUT2D eigenvalue weighted by molar-refractivity contribution is 0.417. The van der Waals surface area contributed by atoms with Gasteiger partial charge in [0.25, 0.3) is 0 Å². The summed E-state index contributed by atoms with van der Waals surface area (Å²) in [6, 6.07) is 9.52. The minimum Gasteiger partial charge on any atom is -0.453 e. The van der Waals surface area contributed by atoms with Crippen molar-refractivity contribution in [3.63, 3.8) is 0 Å². The van der Waals surface area contributed by atoms with E-state index in [1.54, 1.807) is 6.07 Å². The van der Waals surface area contributed by atoms with Crippen LogP contribution in [-0.2, 0) is 6.42 Å². The van der Waals surface area contributed by atoms with Gasteiger partial charge in [-0.2, -0.15) is 0 Å². The molecule has 18 heavy (non-hydrogen) atoms. The lowest BCUT2D eigenvalue weighted by atomic mass is 10.0. The molecule has 1 N–H and O–H groups in total. The zero-order valence-electron chi connectivity index (χ0n) is 9.71. The van der Waals surface area contributed by atoms with Crippen molar-refractivity contribution in [2.24, 2.45) is 0 Å². The summed E-state index contributed by atoms with van der Waals surface area (Å²) in [4.78, 5) is 0. The van der Waals surface area contributed by atoms with E-state index in [0.717, 1.165) is 22.4 Å². The van der Waals surface area contributed by atoms with Crippen molar-refractivity contribution >= 4 is 39.1 Å². The lowest BCUT2D eigenvalue weighted by Gasteiger charge is -2.15. The first-order chi connectivity index (χ1) is 8.61. The van der Waals surface area contributed by atoms with Crippen LogP contribution in [0.4, 0.5) is 0 Å². The first kappa shape index (κ1) is 13.9. The smallest absolute Gasteiger partial charge is 0.169 e. The quantitative estimate of drug-likeness (QED) is 0.854. The molecule has 0 aliphatic carbocycles. The molecule has 2 aromatic rings. The van der Waals surface area contributed by atoms with Crippen LogP contribution in [0.25, 0.3) is 0 Å². The molecule has 1 heterocycles. The van der Waals surface area contributed by atoms with Crippen molar-refractivity contribution in [2.45, 2.75) is 12.5 Å². The van der Waals surface area contributed by atoms with Crippen molar-refractivity contribution < 1.29 is 4.42 Å². The van der Waals surface area contributed by atoms with Crippen LogP contribution >= 0.6 is 39.1 Å². The van der Waals surface area contributed by atoms with Gasteiger partial charge in [0.15, 0.2) is 4.67 Å². The van der Waals surface area contributed by atoms with E-state index in [0.29, 0.717) is 10.0 Å². The number of benzene rings is 1. The van der Waals surface area contributed by atoms with E-state index >= 15 is 0 Å². The van der Waals surface area contributed by atoms with Crippen LogP contribution in [0.5, 0.6) is 0 Å². The summed E-state index contributed by atoms with van der Waals surface area (Å²) in [5.41, 5.74) is 0.996. The molecule has 5 heteroatoms. The fourth-order valence-electron chi connectivity index (χ4n) is 1.79. The van der Waals surface area contributed by atoms with Crippen molar-refractivity contribution in [1.82, 2.24) is 5.32 Å². The van der Waals surface area contributed by atoms with E-state index in [2.05, 4.69) is 21.2 Å². The molecule has 0 saturated carbocycles. The summed E-state index contributed by atoms with van der Waals surface area (Å²) in [6.07, 6.45) is 0.718. The Morgan fingerprint density at radius 3 is 2.67 bits per heavy atom. The Hall–Kier alpha value is -0.480. The summed E-state index contributed by atoms with van der Waals surface area (Å²) >= 11 is 15.5. The number of furan rings is 1. The Bertz CT molecular complexity index is 542. The molecule has 2 nitrogen and oxygen atoms in total. The van der Waals surface area contributed by atoms with E-state index in [9.17, 15) is 0 Å². The van der Waals surface area contributed by atoms with Gasteiger partial charge < -0.3 is 9.73 Å². The third-order valence-corrected chi connectivity index (χ3v) is 4.03. The molecule has 0 spiro atoms. The molecule has 1 unspecified atom stereocenters. The predicted octanol–water partition coefficient (Wildman–Crippen LogP) is 4.85. The average molecular weight is 349 g/mol.